The van der Waals surface area contributed by atoms with E-state index in [1.54, 1.807) is 0 Å². The van der Waals surface area contributed by atoms with Crippen molar-refractivity contribution in [2.45, 2.75) is 12.3 Å². The molecule has 1 heterocycles. The number of hydrogen-bond acceptors (Lipinski definition) is 1. The van der Waals surface area contributed by atoms with Gasteiger partial charge in [0.1, 0.15) is 5.82 Å². The van der Waals surface area contributed by atoms with Crippen molar-refractivity contribution in [1.82, 2.24) is 5.32 Å². The highest BCUT2D eigenvalue weighted by atomic mass is 19.3. The molecule has 0 bridgehead atoms. The monoisotopic (exact) mass is 215 g/mol. The minimum Gasteiger partial charge on any atom is -0.316 e. The predicted molar refractivity (Wildman–Crippen MR) is 51.3 cm³/mol. The fourth-order valence-electron chi connectivity index (χ4n) is 1.69. The Morgan fingerprint density at radius 2 is 2.07 bits per heavy atom. The summed E-state index contributed by atoms with van der Waals surface area (Å²) in [6, 6.07) is 4.67. The van der Waals surface area contributed by atoms with E-state index in [-0.39, 0.29) is 17.9 Å². The van der Waals surface area contributed by atoms with E-state index in [0.717, 1.165) is 6.07 Å². The van der Waals surface area contributed by atoms with Crippen molar-refractivity contribution < 1.29 is 13.2 Å². The van der Waals surface area contributed by atoms with Gasteiger partial charge in [-0.2, -0.15) is 0 Å². The van der Waals surface area contributed by atoms with Crippen molar-refractivity contribution in [2.24, 2.45) is 5.92 Å². The second-order valence-corrected chi connectivity index (χ2v) is 3.94. The van der Waals surface area contributed by atoms with E-state index >= 15 is 0 Å². The molecule has 15 heavy (non-hydrogen) atoms. The van der Waals surface area contributed by atoms with Crippen LogP contribution in [0.25, 0.3) is 0 Å². The molecule has 82 valence electrons. The average Bonchev–Trinajstić information content (AvgIpc) is 2.12. The zero-order valence-corrected chi connectivity index (χ0v) is 8.14. The second kappa shape index (κ2) is 3.85. The van der Waals surface area contributed by atoms with Gasteiger partial charge in [-0.25, -0.2) is 13.2 Å². The molecule has 1 aliphatic rings. The summed E-state index contributed by atoms with van der Waals surface area (Å²) in [6.45, 7) is 1.26. The Labute approximate surface area is 86.3 Å². The van der Waals surface area contributed by atoms with Gasteiger partial charge >= 0.3 is 0 Å². The third kappa shape index (κ3) is 2.31. The first-order valence-corrected chi connectivity index (χ1v) is 4.92. The maximum Gasteiger partial charge on any atom is 0.273 e. The van der Waals surface area contributed by atoms with Gasteiger partial charge in [0.05, 0.1) is 0 Å². The maximum absolute atomic E-state index is 13.6. The van der Waals surface area contributed by atoms with E-state index in [2.05, 4.69) is 5.32 Å². The Kier molecular flexibility index (Phi) is 2.69. The van der Waals surface area contributed by atoms with E-state index < -0.39 is 11.7 Å². The normalized spacial score (nSPS) is 17.5. The molecule has 0 atom stereocenters. The summed E-state index contributed by atoms with van der Waals surface area (Å²) >= 11 is 0. The largest absolute Gasteiger partial charge is 0.316 e. The summed E-state index contributed by atoms with van der Waals surface area (Å²) in [6.07, 6.45) is -0.205. The Morgan fingerprint density at radius 3 is 2.60 bits per heavy atom. The lowest BCUT2D eigenvalue weighted by atomic mass is 9.92. The molecule has 0 amide bonds. The number of halogens is 3. The van der Waals surface area contributed by atoms with Crippen LogP contribution in [0.3, 0.4) is 0 Å². The van der Waals surface area contributed by atoms with E-state index in [9.17, 15) is 13.2 Å². The van der Waals surface area contributed by atoms with Crippen LogP contribution in [0.4, 0.5) is 13.2 Å². The number of nitrogens with one attached hydrogen (secondary N) is 1. The highest BCUT2D eigenvalue weighted by molar-refractivity contribution is 5.21. The van der Waals surface area contributed by atoms with E-state index in [4.69, 9.17) is 0 Å². The molecule has 1 aromatic rings. The van der Waals surface area contributed by atoms with Crippen molar-refractivity contribution in [3.8, 4) is 0 Å². The molecule has 1 aliphatic heterocycles. The standard InChI is InChI=1S/C11H12F3N/c12-10-3-1-2-9(4-10)11(13,14)5-8-6-15-7-8/h1-4,8,15H,5-7H2. The average molecular weight is 215 g/mol. The van der Waals surface area contributed by atoms with Crippen molar-refractivity contribution in [2.75, 3.05) is 13.1 Å². The Bertz CT molecular complexity index is 347. The Morgan fingerprint density at radius 1 is 1.33 bits per heavy atom. The van der Waals surface area contributed by atoms with Crippen LogP contribution >= 0.6 is 0 Å². The lowest BCUT2D eigenvalue weighted by molar-refractivity contribution is -0.0358. The number of alkyl halides is 2. The van der Waals surface area contributed by atoms with Crippen molar-refractivity contribution in [3.05, 3.63) is 35.6 Å². The molecule has 1 saturated heterocycles. The van der Waals surface area contributed by atoms with Crippen LogP contribution < -0.4 is 5.32 Å². The third-order valence-electron chi connectivity index (χ3n) is 2.66. The van der Waals surface area contributed by atoms with Crippen molar-refractivity contribution in [3.63, 3.8) is 0 Å². The van der Waals surface area contributed by atoms with Crippen LogP contribution in [0.5, 0.6) is 0 Å². The number of benzene rings is 1. The molecule has 1 N–H and O–H groups in total. The highest BCUT2D eigenvalue weighted by Crippen LogP contribution is 2.35. The van der Waals surface area contributed by atoms with Crippen LogP contribution in [-0.2, 0) is 5.92 Å². The molecule has 0 aromatic heterocycles. The quantitative estimate of drug-likeness (QED) is 0.817. The summed E-state index contributed by atoms with van der Waals surface area (Å²) in [7, 11) is 0. The molecule has 1 nitrogen and oxygen atoms in total. The molecule has 1 fully saturated rings. The van der Waals surface area contributed by atoms with E-state index in [0.29, 0.717) is 13.1 Å². The molecular formula is C11H12F3N. The maximum atomic E-state index is 13.6. The van der Waals surface area contributed by atoms with Crippen LogP contribution in [0, 0.1) is 11.7 Å². The SMILES string of the molecule is Fc1cccc(C(F)(F)CC2CNC2)c1. The zero-order chi connectivity index (χ0) is 10.9. The van der Waals surface area contributed by atoms with Gasteiger partial charge in [-0.15, -0.1) is 0 Å². The van der Waals surface area contributed by atoms with E-state index in [1.807, 2.05) is 0 Å². The number of hydrogen-bond donors (Lipinski definition) is 1. The van der Waals surface area contributed by atoms with Crippen LogP contribution in [0.2, 0.25) is 0 Å². The third-order valence-corrected chi connectivity index (χ3v) is 2.66. The van der Waals surface area contributed by atoms with Gasteiger partial charge in [-0.3, -0.25) is 0 Å². The number of rotatable bonds is 3. The van der Waals surface area contributed by atoms with Gasteiger partial charge in [0, 0.05) is 12.0 Å². The first-order chi connectivity index (χ1) is 7.08. The first kappa shape index (κ1) is 10.5. The van der Waals surface area contributed by atoms with Gasteiger partial charge in [-0.05, 0) is 31.1 Å². The topological polar surface area (TPSA) is 12.0 Å². The molecule has 2 rings (SSSR count). The van der Waals surface area contributed by atoms with Gasteiger partial charge in [0.2, 0.25) is 0 Å². The van der Waals surface area contributed by atoms with Crippen molar-refractivity contribution >= 4 is 0 Å². The Hall–Kier alpha value is -1.03. The Balaban J connectivity index is 2.12. The highest BCUT2D eigenvalue weighted by Gasteiger charge is 2.36. The summed E-state index contributed by atoms with van der Waals surface area (Å²) < 4.78 is 40.0. The zero-order valence-electron chi connectivity index (χ0n) is 8.14. The molecule has 0 saturated carbocycles. The molecule has 0 unspecified atom stereocenters. The van der Waals surface area contributed by atoms with Gasteiger partial charge in [-0.1, -0.05) is 12.1 Å². The smallest absolute Gasteiger partial charge is 0.273 e. The van der Waals surface area contributed by atoms with Crippen LogP contribution in [0.1, 0.15) is 12.0 Å². The van der Waals surface area contributed by atoms with Gasteiger partial charge in [0.25, 0.3) is 5.92 Å². The first-order valence-electron chi connectivity index (χ1n) is 4.92. The molecule has 1 aromatic carbocycles. The molecular weight excluding hydrogens is 203 g/mol. The lowest BCUT2D eigenvalue weighted by Gasteiger charge is -2.30. The second-order valence-electron chi connectivity index (χ2n) is 3.94. The minimum absolute atomic E-state index is 0.00303. The summed E-state index contributed by atoms with van der Waals surface area (Å²) in [5.74, 6) is -3.53. The van der Waals surface area contributed by atoms with Crippen LogP contribution in [0.15, 0.2) is 24.3 Å². The molecule has 0 aliphatic carbocycles. The molecule has 0 spiro atoms. The predicted octanol–water partition coefficient (Wildman–Crippen LogP) is 2.53. The van der Waals surface area contributed by atoms with E-state index in [1.165, 1.54) is 18.2 Å². The minimum atomic E-state index is -2.92. The van der Waals surface area contributed by atoms with Crippen LogP contribution in [-0.4, -0.2) is 13.1 Å². The molecule has 0 radical (unpaired) electrons. The molecule has 4 heteroatoms. The summed E-state index contributed by atoms with van der Waals surface area (Å²) in [5, 5.41) is 2.94. The van der Waals surface area contributed by atoms with Gasteiger partial charge in [0.15, 0.2) is 0 Å². The summed E-state index contributed by atoms with van der Waals surface area (Å²) in [5.41, 5.74) is -0.227. The summed E-state index contributed by atoms with van der Waals surface area (Å²) in [4.78, 5) is 0. The van der Waals surface area contributed by atoms with Gasteiger partial charge < -0.3 is 5.32 Å². The lowest BCUT2D eigenvalue weighted by Crippen LogP contribution is -2.44. The fourth-order valence-corrected chi connectivity index (χ4v) is 1.69. The van der Waals surface area contributed by atoms with Crippen molar-refractivity contribution in [1.29, 1.82) is 0 Å². The fraction of sp³-hybridized carbons (Fsp3) is 0.455.